The first-order chi connectivity index (χ1) is 16.7. The number of carboxylic acid groups (broad SMARTS) is 1. The molecule has 3 heterocycles. The smallest absolute Gasteiger partial charge is 0.449 e. The van der Waals surface area contributed by atoms with Gasteiger partial charge in [-0.1, -0.05) is 0 Å². The van der Waals surface area contributed by atoms with Gasteiger partial charge >= 0.3 is 6.16 Å². The van der Waals surface area contributed by atoms with E-state index < -0.39 is 29.2 Å². The van der Waals surface area contributed by atoms with Crippen molar-refractivity contribution in [2.75, 3.05) is 24.5 Å². The van der Waals surface area contributed by atoms with Crippen molar-refractivity contribution < 1.29 is 23.8 Å². The Morgan fingerprint density at radius 1 is 1.31 bits per heavy atom. The second-order valence-corrected chi connectivity index (χ2v) is 9.61. The molecule has 2 saturated heterocycles. The van der Waals surface area contributed by atoms with Crippen molar-refractivity contribution in [3.05, 3.63) is 33.9 Å². The molecule has 0 unspecified atom stereocenters. The second kappa shape index (κ2) is 9.59. The quantitative estimate of drug-likeness (QED) is 0.587. The fourth-order valence-corrected chi connectivity index (χ4v) is 5.57. The van der Waals surface area contributed by atoms with Crippen LogP contribution in [0.15, 0.2) is 17.1 Å². The molecule has 2 aliphatic heterocycles. The van der Waals surface area contributed by atoms with Crippen molar-refractivity contribution in [2.24, 2.45) is 11.7 Å². The summed E-state index contributed by atoms with van der Waals surface area (Å²) in [5, 5.41) is 19.1. The van der Waals surface area contributed by atoms with Crippen molar-refractivity contribution in [3.63, 3.8) is 0 Å². The lowest BCUT2D eigenvalue weighted by atomic mass is 9.91. The van der Waals surface area contributed by atoms with E-state index in [1.165, 1.54) is 6.20 Å². The van der Waals surface area contributed by atoms with Gasteiger partial charge in [0.2, 0.25) is 11.3 Å². The van der Waals surface area contributed by atoms with Gasteiger partial charge in [-0.3, -0.25) is 9.59 Å². The number of ether oxygens (including phenoxy) is 1. The van der Waals surface area contributed by atoms with Gasteiger partial charge in [0, 0.05) is 25.7 Å². The van der Waals surface area contributed by atoms with Crippen LogP contribution in [0.4, 0.5) is 14.9 Å². The molecule has 36 heavy (non-hydrogen) atoms. The Hall–Kier alpha value is -3.36. The van der Waals surface area contributed by atoms with Crippen molar-refractivity contribution in [1.29, 1.82) is 5.26 Å². The minimum Gasteiger partial charge on any atom is -0.449 e. The number of pyridine rings is 1. The van der Waals surface area contributed by atoms with Gasteiger partial charge in [0.1, 0.15) is 17.4 Å². The van der Waals surface area contributed by atoms with Crippen LogP contribution in [0.2, 0.25) is 0 Å². The average Bonchev–Trinajstić information content (AvgIpc) is 3.57. The number of anilines is 1. The molecule has 1 aliphatic carbocycles. The number of amides is 1. The molecule has 3 aliphatic rings. The van der Waals surface area contributed by atoms with Crippen LogP contribution >= 0.6 is 12.4 Å². The van der Waals surface area contributed by atoms with E-state index in [2.05, 4.69) is 10.8 Å². The zero-order valence-electron chi connectivity index (χ0n) is 19.6. The highest BCUT2D eigenvalue weighted by atomic mass is 35.5. The lowest BCUT2D eigenvalue weighted by molar-refractivity contribution is -0.136. The summed E-state index contributed by atoms with van der Waals surface area (Å²) in [6.07, 6.45) is 2.92. The molecule has 10 nitrogen and oxygen atoms in total. The molecule has 5 rings (SSSR count). The Balaban J connectivity index is 0.00000304. The van der Waals surface area contributed by atoms with Gasteiger partial charge in [-0.15, -0.1) is 12.4 Å². The molecule has 0 bridgehead atoms. The fraction of sp³-hybridized carbons (Fsp3) is 0.500. The number of carbonyl (C=O) groups excluding carboxylic acids is 1. The molecular weight excluding hydrogens is 493 g/mol. The van der Waals surface area contributed by atoms with Crippen LogP contribution < -0.4 is 20.8 Å². The van der Waals surface area contributed by atoms with Gasteiger partial charge in [0.25, 0.3) is 0 Å². The van der Waals surface area contributed by atoms with E-state index in [1.807, 2.05) is 0 Å². The Morgan fingerprint density at radius 2 is 2.03 bits per heavy atom. The number of rotatable bonds is 4. The lowest BCUT2D eigenvalue weighted by Gasteiger charge is -2.37. The van der Waals surface area contributed by atoms with E-state index in [4.69, 9.17) is 10.8 Å². The summed E-state index contributed by atoms with van der Waals surface area (Å²) >= 11 is 0. The van der Waals surface area contributed by atoms with Crippen molar-refractivity contribution in [1.82, 2.24) is 9.47 Å². The van der Waals surface area contributed by atoms with E-state index in [0.29, 0.717) is 19.6 Å². The zero-order chi connectivity index (χ0) is 25.0. The number of carbonyl (C=O) groups is 2. The van der Waals surface area contributed by atoms with Crippen molar-refractivity contribution in [2.45, 2.75) is 50.7 Å². The SMILES string of the molecule is C[C@@H](N)C(=O)N1CCC[C@H]2CN(c3c(F)cc4c(=O)c(OC(=O)O)cn(C5CC5)c4c3C#N)C[C@H]21.Cl. The van der Waals surface area contributed by atoms with Gasteiger partial charge < -0.3 is 29.9 Å². The van der Waals surface area contributed by atoms with E-state index in [-0.39, 0.29) is 58.5 Å². The predicted molar refractivity (Wildman–Crippen MR) is 131 cm³/mol. The van der Waals surface area contributed by atoms with Crippen LogP contribution in [-0.4, -0.2) is 58.4 Å². The Bertz CT molecular complexity index is 1340. The Labute approximate surface area is 212 Å². The molecule has 3 fully saturated rings. The monoisotopic (exact) mass is 519 g/mol. The topological polar surface area (TPSA) is 142 Å². The summed E-state index contributed by atoms with van der Waals surface area (Å²) in [6, 6.07) is 2.35. The largest absolute Gasteiger partial charge is 0.511 e. The molecule has 1 saturated carbocycles. The van der Waals surface area contributed by atoms with Gasteiger partial charge in [-0.05, 0) is 44.6 Å². The Kier molecular flexibility index (Phi) is 6.86. The minimum atomic E-state index is -1.65. The first-order valence-electron chi connectivity index (χ1n) is 11.7. The number of piperidine rings is 1. The summed E-state index contributed by atoms with van der Waals surface area (Å²) in [5.41, 5.74) is 5.45. The van der Waals surface area contributed by atoms with E-state index >= 15 is 4.39 Å². The zero-order valence-corrected chi connectivity index (χ0v) is 20.5. The molecule has 0 radical (unpaired) electrons. The summed E-state index contributed by atoms with van der Waals surface area (Å²) in [6.45, 7) is 3.07. The highest BCUT2D eigenvalue weighted by Gasteiger charge is 2.43. The molecule has 1 amide bonds. The van der Waals surface area contributed by atoms with Crippen LogP contribution in [-0.2, 0) is 4.79 Å². The highest BCUT2D eigenvalue weighted by molar-refractivity contribution is 5.92. The van der Waals surface area contributed by atoms with Crippen molar-refractivity contribution in [3.8, 4) is 11.8 Å². The third-order valence-corrected chi connectivity index (χ3v) is 7.23. The highest BCUT2D eigenvalue weighted by Crippen LogP contribution is 2.42. The van der Waals surface area contributed by atoms with Crippen LogP contribution in [0, 0.1) is 23.1 Å². The van der Waals surface area contributed by atoms with E-state index in [0.717, 1.165) is 31.7 Å². The van der Waals surface area contributed by atoms with Gasteiger partial charge in [0.05, 0.1) is 34.9 Å². The van der Waals surface area contributed by atoms with Crippen LogP contribution in [0.5, 0.6) is 5.75 Å². The second-order valence-electron chi connectivity index (χ2n) is 9.61. The summed E-state index contributed by atoms with van der Waals surface area (Å²) in [5.74, 6) is -1.20. The Morgan fingerprint density at radius 3 is 2.64 bits per heavy atom. The van der Waals surface area contributed by atoms with E-state index in [9.17, 15) is 19.6 Å². The summed E-state index contributed by atoms with van der Waals surface area (Å²) < 4.78 is 21.9. The normalized spacial score (nSPS) is 21.9. The third kappa shape index (κ3) is 4.24. The number of nitrogens with two attached hydrogens (primary N) is 1. The fourth-order valence-electron chi connectivity index (χ4n) is 5.57. The summed E-state index contributed by atoms with van der Waals surface area (Å²) in [4.78, 5) is 40.3. The molecule has 1 aromatic carbocycles. The van der Waals surface area contributed by atoms with Crippen molar-refractivity contribution >= 4 is 41.1 Å². The molecule has 3 atom stereocenters. The van der Waals surface area contributed by atoms with Crippen LogP contribution in [0.25, 0.3) is 10.9 Å². The molecule has 192 valence electrons. The number of fused-ring (bicyclic) bond motifs is 2. The first-order valence-corrected chi connectivity index (χ1v) is 11.7. The van der Waals surface area contributed by atoms with Crippen LogP contribution in [0.3, 0.4) is 0 Å². The summed E-state index contributed by atoms with van der Waals surface area (Å²) in [7, 11) is 0. The van der Waals surface area contributed by atoms with Gasteiger partial charge in [-0.25, -0.2) is 9.18 Å². The maximum absolute atomic E-state index is 15.6. The molecule has 2 aromatic rings. The number of hydrogen-bond acceptors (Lipinski definition) is 7. The van der Waals surface area contributed by atoms with Gasteiger partial charge in [0.15, 0.2) is 5.75 Å². The third-order valence-electron chi connectivity index (χ3n) is 7.23. The number of likely N-dealkylation sites (tertiary alicyclic amines) is 1. The first kappa shape index (κ1) is 25.7. The van der Waals surface area contributed by atoms with E-state index in [1.54, 1.807) is 21.3 Å². The number of hydrogen-bond donors (Lipinski definition) is 2. The minimum absolute atomic E-state index is 0. The molecular formula is C24H27ClFN5O5. The number of benzene rings is 1. The predicted octanol–water partition coefficient (Wildman–Crippen LogP) is 2.60. The number of nitriles is 1. The number of nitrogens with zero attached hydrogens (tertiary/aromatic N) is 4. The van der Waals surface area contributed by atoms with Gasteiger partial charge in [-0.2, -0.15) is 5.26 Å². The molecule has 0 spiro atoms. The average molecular weight is 520 g/mol. The maximum Gasteiger partial charge on any atom is 0.511 e. The molecule has 1 aromatic heterocycles. The molecule has 12 heteroatoms. The number of aromatic nitrogens is 1. The maximum atomic E-state index is 15.6. The number of halogens is 2. The molecule has 3 N–H and O–H groups in total. The standard InChI is InChI=1S/C24H26FN5O5.ClH/c1-12(27)23(32)29-6-2-3-13-9-28(10-18(13)29)21-16(8-26)20-15(7-17(21)25)22(31)19(35-24(33)34)11-30(20)14-4-5-14;/h7,11-14,18H,2-6,9-10,27H2,1H3,(H,33,34);1H/t12-,13+,18-;/m1./s1. The van der Waals surface area contributed by atoms with Crippen LogP contribution in [0.1, 0.15) is 44.2 Å². The lowest BCUT2D eigenvalue weighted by Crippen LogP contribution is -2.53.